The number of aromatic nitrogens is 2. The van der Waals surface area contributed by atoms with Crippen molar-refractivity contribution in [2.45, 2.75) is 6.52 Å². The molecule has 0 bridgehead atoms. The summed E-state index contributed by atoms with van der Waals surface area (Å²) in [7, 11) is 0. The van der Waals surface area contributed by atoms with Gasteiger partial charge in [-0.15, -0.1) is 0 Å². The normalized spacial score (nSPS) is 20.0. The smallest absolute Gasteiger partial charge is 0.0954 e. The first-order valence-corrected chi connectivity index (χ1v) is 3.91. The van der Waals surface area contributed by atoms with E-state index in [1.807, 2.05) is 35.0 Å². The van der Waals surface area contributed by atoms with Crippen molar-refractivity contribution < 1.29 is 1.37 Å². The number of hydrogen-bond donors (Lipinski definition) is 0. The van der Waals surface area contributed by atoms with Crippen LogP contribution in [-0.4, -0.2) is 9.55 Å². The highest BCUT2D eigenvalue weighted by Gasteiger charge is 2.16. The van der Waals surface area contributed by atoms with Gasteiger partial charge in [-0.05, 0) is 5.56 Å². The van der Waals surface area contributed by atoms with Gasteiger partial charge in [0.25, 0.3) is 0 Å². The minimum absolute atomic E-state index is 0.311. The molecule has 0 aliphatic carbocycles. The fraction of sp³-hybridized carbons (Fsp3) is 0.100. The van der Waals surface area contributed by atoms with E-state index in [4.69, 9.17) is 1.37 Å². The predicted octanol–water partition coefficient (Wildman–Crippen LogP) is 1.91. The molecule has 3 rings (SSSR count). The van der Waals surface area contributed by atoms with Gasteiger partial charge in [-0.25, -0.2) is 4.98 Å². The van der Waals surface area contributed by atoms with Crippen molar-refractivity contribution in [2.75, 3.05) is 0 Å². The van der Waals surface area contributed by atoms with Crippen molar-refractivity contribution in [3.05, 3.63) is 42.4 Å². The van der Waals surface area contributed by atoms with Crippen LogP contribution in [0.1, 0.15) is 6.93 Å². The third-order valence-electron chi connectivity index (χ3n) is 2.18. The van der Waals surface area contributed by atoms with E-state index >= 15 is 0 Å². The lowest BCUT2D eigenvalue weighted by Crippen LogP contribution is -1.88. The molecule has 0 saturated heterocycles. The summed E-state index contributed by atoms with van der Waals surface area (Å²) in [6.07, 6.45) is 3.53. The lowest BCUT2D eigenvalue weighted by molar-refractivity contribution is 0.840. The van der Waals surface area contributed by atoms with Crippen molar-refractivity contribution in [3.8, 4) is 11.3 Å². The van der Waals surface area contributed by atoms with E-state index in [1.165, 1.54) is 0 Å². The van der Waals surface area contributed by atoms with Gasteiger partial charge >= 0.3 is 0 Å². The molecule has 2 heterocycles. The van der Waals surface area contributed by atoms with Crippen LogP contribution in [0.3, 0.4) is 0 Å². The molecule has 2 aromatic rings. The maximum atomic E-state index is 7.94. The largest absolute Gasteiger partial charge is 0.326 e. The molecular formula is C10H8N2. The molecule has 12 heavy (non-hydrogen) atoms. The van der Waals surface area contributed by atoms with Gasteiger partial charge in [0.1, 0.15) is 0 Å². The van der Waals surface area contributed by atoms with Gasteiger partial charge < -0.3 is 4.57 Å². The second kappa shape index (κ2) is 1.97. The maximum absolute atomic E-state index is 7.94. The third-order valence-corrected chi connectivity index (χ3v) is 2.18. The number of fused-ring (bicyclic) bond motifs is 3. The Kier molecular flexibility index (Phi) is 0.845. The van der Waals surface area contributed by atoms with Gasteiger partial charge in [0.2, 0.25) is 0 Å². The maximum Gasteiger partial charge on any atom is 0.0954 e. The lowest BCUT2D eigenvalue weighted by atomic mass is 10.1. The zero-order valence-corrected chi connectivity index (χ0v) is 6.44. The minimum Gasteiger partial charge on any atom is -0.326 e. The average Bonchev–Trinajstić information content (AvgIpc) is 2.72. The standard InChI is InChI=1S/C10H8N2/c1-2-4-9-8(3-1)6-12-7-11-5-10(9)12/h1-5,7H,6H2/i6D. The van der Waals surface area contributed by atoms with Crippen molar-refractivity contribution in [3.63, 3.8) is 0 Å². The van der Waals surface area contributed by atoms with Gasteiger partial charge in [0.15, 0.2) is 0 Å². The molecular weight excluding hydrogens is 148 g/mol. The highest BCUT2D eigenvalue weighted by molar-refractivity contribution is 5.67. The summed E-state index contributed by atoms with van der Waals surface area (Å²) < 4.78 is 9.82. The molecule has 0 saturated carbocycles. The third kappa shape index (κ3) is 0.619. The number of rotatable bonds is 0. The molecule has 1 aromatic carbocycles. The first-order chi connectivity index (χ1) is 6.38. The summed E-state index contributed by atoms with van der Waals surface area (Å²) in [6, 6.07) is 8.01. The van der Waals surface area contributed by atoms with Crippen molar-refractivity contribution in [2.24, 2.45) is 0 Å². The fourth-order valence-corrected chi connectivity index (χ4v) is 1.61. The molecule has 0 amide bonds. The number of imidazole rings is 1. The number of benzene rings is 1. The van der Waals surface area contributed by atoms with E-state index in [2.05, 4.69) is 4.98 Å². The molecule has 2 heteroatoms. The summed E-state index contributed by atoms with van der Waals surface area (Å²) in [6.45, 7) is -0.311. The van der Waals surface area contributed by atoms with E-state index in [0.29, 0.717) is 0 Å². The van der Waals surface area contributed by atoms with Crippen LogP contribution in [0.5, 0.6) is 0 Å². The van der Waals surface area contributed by atoms with Gasteiger partial charge in [0.05, 0.1) is 19.6 Å². The highest BCUT2D eigenvalue weighted by atomic mass is 15.1. The minimum atomic E-state index is -0.311. The lowest BCUT2D eigenvalue weighted by Gasteiger charge is -1.93. The molecule has 1 aliphatic rings. The zero-order valence-electron chi connectivity index (χ0n) is 7.44. The van der Waals surface area contributed by atoms with Gasteiger partial charge in [-0.2, -0.15) is 0 Å². The molecule has 1 aliphatic heterocycles. The first kappa shape index (κ1) is 5.14. The molecule has 0 spiro atoms. The average molecular weight is 157 g/mol. The van der Waals surface area contributed by atoms with Crippen LogP contribution in [0.2, 0.25) is 0 Å². The van der Waals surface area contributed by atoms with Crippen LogP contribution in [0.25, 0.3) is 11.3 Å². The Labute approximate surface area is 71.9 Å². The Morgan fingerprint density at radius 1 is 1.42 bits per heavy atom. The molecule has 0 N–H and O–H groups in total. The summed E-state index contributed by atoms with van der Waals surface area (Å²) in [5, 5.41) is 0. The second-order valence-electron chi connectivity index (χ2n) is 2.90. The van der Waals surface area contributed by atoms with Crippen molar-refractivity contribution in [1.82, 2.24) is 9.55 Å². The summed E-state index contributed by atoms with van der Waals surface area (Å²) in [4.78, 5) is 4.04. The van der Waals surface area contributed by atoms with E-state index in [9.17, 15) is 0 Å². The highest BCUT2D eigenvalue weighted by Crippen LogP contribution is 2.30. The van der Waals surface area contributed by atoms with Crippen LogP contribution in [0.4, 0.5) is 0 Å². The number of hydrogen-bond acceptors (Lipinski definition) is 1. The van der Waals surface area contributed by atoms with E-state index in [-0.39, 0.29) is 6.52 Å². The molecule has 0 fully saturated rings. The monoisotopic (exact) mass is 157 g/mol. The Morgan fingerprint density at radius 3 is 3.33 bits per heavy atom. The zero-order chi connectivity index (χ0) is 8.84. The van der Waals surface area contributed by atoms with E-state index < -0.39 is 0 Å². The Balaban J connectivity index is 2.37. The van der Waals surface area contributed by atoms with Crippen molar-refractivity contribution >= 4 is 0 Å². The molecule has 1 atom stereocenters. The topological polar surface area (TPSA) is 17.8 Å². The van der Waals surface area contributed by atoms with Crippen LogP contribution >= 0.6 is 0 Å². The SMILES string of the molecule is [2H]C1c2ccccc2-c2cncn21. The Bertz CT molecular complexity index is 461. The molecule has 1 unspecified atom stereocenters. The summed E-state index contributed by atoms with van der Waals surface area (Å²) >= 11 is 0. The quantitative estimate of drug-likeness (QED) is 0.571. The molecule has 0 radical (unpaired) electrons. The van der Waals surface area contributed by atoms with Crippen LogP contribution in [-0.2, 0) is 6.52 Å². The molecule has 2 nitrogen and oxygen atoms in total. The fourth-order valence-electron chi connectivity index (χ4n) is 1.61. The first-order valence-electron chi connectivity index (χ1n) is 4.49. The summed E-state index contributed by atoms with van der Waals surface area (Å²) in [5.41, 5.74) is 3.26. The van der Waals surface area contributed by atoms with Crippen LogP contribution in [0, 0.1) is 0 Å². The molecule has 1 aromatic heterocycles. The summed E-state index contributed by atoms with van der Waals surface area (Å²) in [5.74, 6) is 0. The Hall–Kier alpha value is -1.57. The van der Waals surface area contributed by atoms with Crippen molar-refractivity contribution in [1.29, 1.82) is 0 Å². The van der Waals surface area contributed by atoms with Crippen LogP contribution in [0.15, 0.2) is 36.8 Å². The van der Waals surface area contributed by atoms with Gasteiger partial charge in [-0.3, -0.25) is 0 Å². The second-order valence-corrected chi connectivity index (χ2v) is 2.90. The predicted molar refractivity (Wildman–Crippen MR) is 46.8 cm³/mol. The molecule has 58 valence electrons. The number of nitrogens with zero attached hydrogens (tertiary/aromatic N) is 2. The Morgan fingerprint density at radius 2 is 2.33 bits per heavy atom. The van der Waals surface area contributed by atoms with E-state index in [0.717, 1.165) is 16.8 Å². The van der Waals surface area contributed by atoms with Gasteiger partial charge in [0, 0.05) is 12.1 Å². The van der Waals surface area contributed by atoms with E-state index in [1.54, 1.807) is 6.33 Å². The van der Waals surface area contributed by atoms with Gasteiger partial charge in [-0.1, -0.05) is 24.3 Å². The van der Waals surface area contributed by atoms with Crippen LogP contribution < -0.4 is 0 Å².